The zero-order valence-electron chi connectivity index (χ0n) is 9.29. The lowest BCUT2D eigenvalue weighted by Gasteiger charge is -2.16. The van der Waals surface area contributed by atoms with Gasteiger partial charge in [-0.25, -0.2) is 0 Å². The van der Waals surface area contributed by atoms with Gasteiger partial charge >= 0.3 is 0 Å². The Morgan fingerprint density at radius 1 is 1.50 bits per heavy atom. The van der Waals surface area contributed by atoms with Gasteiger partial charge in [-0.05, 0) is 25.5 Å². The van der Waals surface area contributed by atoms with E-state index >= 15 is 0 Å². The molecule has 0 spiro atoms. The molecule has 0 saturated carbocycles. The SMILES string of the molecule is CC(=O)c1cccc(NC2=NCCCN2)c1. The Balaban J connectivity index is 2.12. The molecule has 0 radical (unpaired) electrons. The molecule has 1 aliphatic rings. The van der Waals surface area contributed by atoms with Gasteiger partial charge in [-0.3, -0.25) is 9.79 Å². The molecule has 0 bridgehead atoms. The van der Waals surface area contributed by atoms with Crippen molar-refractivity contribution in [3.05, 3.63) is 29.8 Å². The quantitative estimate of drug-likeness (QED) is 0.741. The van der Waals surface area contributed by atoms with Gasteiger partial charge in [0.25, 0.3) is 0 Å². The van der Waals surface area contributed by atoms with Crippen LogP contribution in [-0.2, 0) is 0 Å². The van der Waals surface area contributed by atoms with E-state index in [2.05, 4.69) is 15.6 Å². The summed E-state index contributed by atoms with van der Waals surface area (Å²) in [7, 11) is 0. The maximum absolute atomic E-state index is 11.2. The summed E-state index contributed by atoms with van der Waals surface area (Å²) in [5, 5.41) is 6.33. The smallest absolute Gasteiger partial charge is 0.195 e. The zero-order valence-corrected chi connectivity index (χ0v) is 9.29. The van der Waals surface area contributed by atoms with Crippen LogP contribution in [0.2, 0.25) is 0 Å². The number of carbonyl (C=O) groups is 1. The van der Waals surface area contributed by atoms with Gasteiger partial charge in [0.05, 0.1) is 0 Å². The van der Waals surface area contributed by atoms with E-state index in [0.717, 1.165) is 31.2 Å². The van der Waals surface area contributed by atoms with Crippen molar-refractivity contribution < 1.29 is 4.79 Å². The van der Waals surface area contributed by atoms with Crippen LogP contribution in [0.15, 0.2) is 29.3 Å². The van der Waals surface area contributed by atoms with Gasteiger partial charge in [0.2, 0.25) is 0 Å². The second-order valence-electron chi connectivity index (χ2n) is 3.77. The van der Waals surface area contributed by atoms with Crippen LogP contribution in [0.25, 0.3) is 0 Å². The van der Waals surface area contributed by atoms with Gasteiger partial charge < -0.3 is 10.6 Å². The van der Waals surface area contributed by atoms with Crippen molar-refractivity contribution in [3.8, 4) is 0 Å². The molecule has 0 atom stereocenters. The van der Waals surface area contributed by atoms with E-state index in [0.29, 0.717) is 5.56 Å². The third kappa shape index (κ3) is 2.59. The predicted molar refractivity (Wildman–Crippen MR) is 65.0 cm³/mol. The molecule has 4 heteroatoms. The van der Waals surface area contributed by atoms with Crippen LogP contribution in [0.5, 0.6) is 0 Å². The number of nitrogens with one attached hydrogen (secondary N) is 2. The minimum absolute atomic E-state index is 0.0715. The minimum atomic E-state index is 0.0715. The standard InChI is InChI=1S/C12H15N3O/c1-9(16)10-4-2-5-11(8-10)15-12-13-6-3-7-14-12/h2,4-5,8H,3,6-7H2,1H3,(H2,13,14,15). The van der Waals surface area contributed by atoms with E-state index in [4.69, 9.17) is 0 Å². The van der Waals surface area contributed by atoms with Gasteiger partial charge in [-0.15, -0.1) is 0 Å². The lowest BCUT2D eigenvalue weighted by molar-refractivity contribution is 0.101. The van der Waals surface area contributed by atoms with Gasteiger partial charge in [0, 0.05) is 24.3 Å². The number of benzene rings is 1. The fraction of sp³-hybridized carbons (Fsp3) is 0.333. The van der Waals surface area contributed by atoms with E-state index in [1.807, 2.05) is 24.3 Å². The molecule has 0 amide bonds. The molecule has 0 aliphatic carbocycles. The number of aliphatic imine (C=N–C) groups is 1. The van der Waals surface area contributed by atoms with Gasteiger partial charge in [0.15, 0.2) is 11.7 Å². The number of hydrogen-bond donors (Lipinski definition) is 2. The highest BCUT2D eigenvalue weighted by molar-refractivity contribution is 5.98. The molecular formula is C12H15N3O. The number of anilines is 1. The lowest BCUT2D eigenvalue weighted by Crippen LogP contribution is -2.35. The summed E-state index contributed by atoms with van der Waals surface area (Å²) in [6.07, 6.45) is 1.07. The summed E-state index contributed by atoms with van der Waals surface area (Å²) in [5.74, 6) is 0.856. The van der Waals surface area contributed by atoms with Crippen LogP contribution >= 0.6 is 0 Å². The van der Waals surface area contributed by atoms with Crippen molar-refractivity contribution in [2.75, 3.05) is 18.4 Å². The Morgan fingerprint density at radius 3 is 3.06 bits per heavy atom. The third-order valence-electron chi connectivity index (χ3n) is 2.43. The first-order chi connectivity index (χ1) is 7.75. The fourth-order valence-corrected chi connectivity index (χ4v) is 1.57. The molecule has 84 valence electrons. The van der Waals surface area contributed by atoms with E-state index in [1.54, 1.807) is 6.92 Å². The number of rotatable bonds is 2. The number of hydrogen-bond acceptors (Lipinski definition) is 4. The summed E-state index contributed by atoms with van der Waals surface area (Å²) in [6, 6.07) is 7.43. The first-order valence-electron chi connectivity index (χ1n) is 5.42. The highest BCUT2D eigenvalue weighted by atomic mass is 16.1. The number of nitrogens with zero attached hydrogens (tertiary/aromatic N) is 1. The number of Topliss-reactive ketones (excluding diaryl/α,β-unsaturated/α-hetero) is 1. The largest absolute Gasteiger partial charge is 0.356 e. The monoisotopic (exact) mass is 217 g/mol. The first-order valence-corrected chi connectivity index (χ1v) is 5.42. The van der Waals surface area contributed by atoms with Crippen LogP contribution in [0.3, 0.4) is 0 Å². The maximum atomic E-state index is 11.2. The Morgan fingerprint density at radius 2 is 2.38 bits per heavy atom. The van der Waals surface area contributed by atoms with E-state index < -0.39 is 0 Å². The summed E-state index contributed by atoms with van der Waals surface area (Å²) in [4.78, 5) is 15.5. The maximum Gasteiger partial charge on any atom is 0.195 e. The van der Waals surface area contributed by atoms with Gasteiger partial charge in [-0.2, -0.15) is 0 Å². The first kappa shape index (κ1) is 10.7. The summed E-state index contributed by atoms with van der Waals surface area (Å²) in [6.45, 7) is 3.36. The number of ketones is 1. The highest BCUT2D eigenvalue weighted by Crippen LogP contribution is 2.11. The van der Waals surface area contributed by atoms with Crippen LogP contribution in [0.4, 0.5) is 5.69 Å². The fourth-order valence-electron chi connectivity index (χ4n) is 1.57. The van der Waals surface area contributed by atoms with Crippen molar-refractivity contribution in [3.63, 3.8) is 0 Å². The molecule has 0 aromatic heterocycles. The lowest BCUT2D eigenvalue weighted by atomic mass is 10.1. The van der Waals surface area contributed by atoms with Crippen molar-refractivity contribution in [1.82, 2.24) is 5.32 Å². The molecule has 4 nitrogen and oxygen atoms in total. The molecule has 0 fully saturated rings. The molecule has 0 saturated heterocycles. The second-order valence-corrected chi connectivity index (χ2v) is 3.77. The molecule has 1 aliphatic heterocycles. The summed E-state index contributed by atoms with van der Waals surface area (Å²) >= 11 is 0. The molecule has 1 aromatic rings. The molecule has 1 aromatic carbocycles. The number of guanidine groups is 1. The van der Waals surface area contributed by atoms with Crippen LogP contribution < -0.4 is 10.6 Å². The summed E-state index contributed by atoms with van der Waals surface area (Å²) in [5.41, 5.74) is 1.60. The molecular weight excluding hydrogens is 202 g/mol. The Kier molecular flexibility index (Phi) is 3.19. The van der Waals surface area contributed by atoms with Crippen molar-refractivity contribution in [2.24, 2.45) is 4.99 Å². The van der Waals surface area contributed by atoms with Crippen molar-refractivity contribution >= 4 is 17.4 Å². The molecule has 1 heterocycles. The Hall–Kier alpha value is -1.84. The minimum Gasteiger partial charge on any atom is -0.356 e. The average Bonchev–Trinajstić information content (AvgIpc) is 2.30. The molecule has 2 rings (SSSR count). The Bertz CT molecular complexity index is 426. The van der Waals surface area contributed by atoms with Gasteiger partial charge in [0.1, 0.15) is 0 Å². The predicted octanol–water partition coefficient (Wildman–Crippen LogP) is 1.65. The van der Waals surface area contributed by atoms with Crippen molar-refractivity contribution in [2.45, 2.75) is 13.3 Å². The summed E-state index contributed by atoms with van der Waals surface area (Å²) < 4.78 is 0. The third-order valence-corrected chi connectivity index (χ3v) is 2.43. The second kappa shape index (κ2) is 4.79. The van der Waals surface area contributed by atoms with E-state index in [1.165, 1.54) is 0 Å². The molecule has 16 heavy (non-hydrogen) atoms. The van der Waals surface area contributed by atoms with Crippen LogP contribution in [-0.4, -0.2) is 24.8 Å². The van der Waals surface area contributed by atoms with Gasteiger partial charge in [-0.1, -0.05) is 12.1 Å². The normalized spacial score (nSPS) is 14.9. The Labute approximate surface area is 94.8 Å². The highest BCUT2D eigenvalue weighted by Gasteiger charge is 2.05. The van der Waals surface area contributed by atoms with Crippen LogP contribution in [0, 0.1) is 0 Å². The zero-order chi connectivity index (χ0) is 11.4. The van der Waals surface area contributed by atoms with E-state index in [9.17, 15) is 4.79 Å². The molecule has 0 unspecified atom stereocenters. The van der Waals surface area contributed by atoms with Crippen LogP contribution in [0.1, 0.15) is 23.7 Å². The number of carbonyl (C=O) groups excluding carboxylic acids is 1. The average molecular weight is 217 g/mol. The van der Waals surface area contributed by atoms with Crippen molar-refractivity contribution in [1.29, 1.82) is 0 Å². The van der Waals surface area contributed by atoms with E-state index in [-0.39, 0.29) is 5.78 Å². The topological polar surface area (TPSA) is 53.5 Å². The molecule has 2 N–H and O–H groups in total.